The number of rotatable bonds is 1. The molecule has 3 rings (SSSR count). The molecule has 0 radical (unpaired) electrons. The maximum atomic E-state index is 11.1. The minimum atomic E-state index is -0.633. The Morgan fingerprint density at radius 1 is 1.46 bits per heavy atom. The normalized spacial score (nSPS) is 54.8. The standard InChI is InChI=1S/C10H14O3/c1-10(2)5-3-4(6(10)9(11)12)7-8(5)13-7/h4-8H,3H2,1-2H3,(H,11,12). The molecule has 1 saturated heterocycles. The second kappa shape index (κ2) is 1.92. The van der Waals surface area contributed by atoms with Crippen LogP contribution in [-0.2, 0) is 9.53 Å². The summed E-state index contributed by atoms with van der Waals surface area (Å²) in [6.45, 7) is 4.16. The van der Waals surface area contributed by atoms with Crippen LogP contribution in [0.15, 0.2) is 0 Å². The van der Waals surface area contributed by atoms with Gasteiger partial charge in [-0.1, -0.05) is 13.8 Å². The largest absolute Gasteiger partial charge is 0.481 e. The molecule has 13 heavy (non-hydrogen) atoms. The summed E-state index contributed by atoms with van der Waals surface area (Å²) in [6, 6.07) is 0. The lowest BCUT2D eigenvalue weighted by atomic mass is 9.69. The summed E-state index contributed by atoms with van der Waals surface area (Å²) < 4.78 is 5.49. The Morgan fingerprint density at radius 3 is 2.69 bits per heavy atom. The average molecular weight is 182 g/mol. The fourth-order valence-electron chi connectivity index (χ4n) is 3.70. The smallest absolute Gasteiger partial charge is 0.307 e. The highest BCUT2D eigenvalue weighted by Gasteiger charge is 2.71. The SMILES string of the molecule is CC1(C)C2CC(C3OC32)C1C(=O)O. The van der Waals surface area contributed by atoms with Crippen molar-refractivity contribution < 1.29 is 14.6 Å². The summed E-state index contributed by atoms with van der Waals surface area (Å²) in [5.41, 5.74) is -0.0613. The van der Waals surface area contributed by atoms with E-state index in [1.54, 1.807) is 0 Å². The molecule has 3 nitrogen and oxygen atoms in total. The third kappa shape index (κ3) is 0.725. The van der Waals surface area contributed by atoms with Gasteiger partial charge in [0.05, 0.1) is 18.1 Å². The van der Waals surface area contributed by atoms with E-state index in [0.717, 1.165) is 6.42 Å². The van der Waals surface area contributed by atoms with Gasteiger partial charge in [-0.2, -0.15) is 0 Å². The van der Waals surface area contributed by atoms with E-state index in [9.17, 15) is 4.79 Å². The second-order valence-corrected chi connectivity index (χ2v) is 5.21. The van der Waals surface area contributed by atoms with Gasteiger partial charge in [0, 0.05) is 5.92 Å². The third-order valence-electron chi connectivity index (χ3n) is 4.36. The van der Waals surface area contributed by atoms with Gasteiger partial charge in [0.1, 0.15) is 0 Å². The number of aliphatic carboxylic acids is 1. The van der Waals surface area contributed by atoms with Crippen molar-refractivity contribution in [1.82, 2.24) is 0 Å². The van der Waals surface area contributed by atoms with Crippen LogP contribution < -0.4 is 0 Å². The molecule has 5 atom stereocenters. The first-order valence-corrected chi connectivity index (χ1v) is 4.91. The number of carbonyl (C=O) groups is 1. The average Bonchev–Trinajstić information content (AvgIpc) is 2.63. The van der Waals surface area contributed by atoms with Crippen molar-refractivity contribution in [2.45, 2.75) is 32.5 Å². The van der Waals surface area contributed by atoms with Crippen molar-refractivity contribution in [1.29, 1.82) is 0 Å². The van der Waals surface area contributed by atoms with E-state index in [-0.39, 0.29) is 11.3 Å². The van der Waals surface area contributed by atoms with Crippen molar-refractivity contribution in [3.63, 3.8) is 0 Å². The van der Waals surface area contributed by atoms with E-state index in [2.05, 4.69) is 13.8 Å². The van der Waals surface area contributed by atoms with Crippen LogP contribution in [0, 0.1) is 23.2 Å². The third-order valence-corrected chi connectivity index (χ3v) is 4.36. The van der Waals surface area contributed by atoms with Crippen LogP contribution in [0.25, 0.3) is 0 Å². The molecule has 3 heteroatoms. The molecule has 1 heterocycles. The van der Waals surface area contributed by atoms with Crippen molar-refractivity contribution in [3.05, 3.63) is 0 Å². The molecule has 0 aromatic heterocycles. The van der Waals surface area contributed by atoms with Crippen molar-refractivity contribution in [2.24, 2.45) is 23.2 Å². The number of hydrogen-bond acceptors (Lipinski definition) is 2. The van der Waals surface area contributed by atoms with Gasteiger partial charge in [-0.25, -0.2) is 0 Å². The lowest BCUT2D eigenvalue weighted by Crippen LogP contribution is -2.39. The first kappa shape index (κ1) is 7.80. The lowest BCUT2D eigenvalue weighted by Gasteiger charge is -2.33. The van der Waals surface area contributed by atoms with Gasteiger partial charge in [-0.05, 0) is 17.8 Å². The summed E-state index contributed by atoms with van der Waals surface area (Å²) >= 11 is 0. The van der Waals surface area contributed by atoms with Crippen molar-refractivity contribution in [2.75, 3.05) is 0 Å². The number of carboxylic acid groups (broad SMARTS) is 1. The molecular weight excluding hydrogens is 168 g/mol. The molecule has 1 aliphatic heterocycles. The second-order valence-electron chi connectivity index (χ2n) is 5.21. The van der Waals surface area contributed by atoms with E-state index in [4.69, 9.17) is 9.84 Å². The Balaban J connectivity index is 2.00. The van der Waals surface area contributed by atoms with Crippen LogP contribution in [0.3, 0.4) is 0 Å². The zero-order valence-corrected chi connectivity index (χ0v) is 7.86. The van der Waals surface area contributed by atoms with E-state index in [0.29, 0.717) is 24.0 Å². The predicted molar refractivity (Wildman–Crippen MR) is 45.2 cm³/mol. The molecule has 5 unspecified atom stereocenters. The number of ether oxygens (including phenoxy) is 1. The fourth-order valence-corrected chi connectivity index (χ4v) is 3.70. The zero-order chi connectivity index (χ0) is 9.38. The Kier molecular flexibility index (Phi) is 1.15. The first-order chi connectivity index (χ1) is 6.03. The van der Waals surface area contributed by atoms with Gasteiger partial charge in [0.15, 0.2) is 0 Å². The molecule has 1 N–H and O–H groups in total. The highest BCUT2D eigenvalue weighted by Crippen LogP contribution is 2.66. The molecule has 0 amide bonds. The minimum absolute atomic E-state index is 0.0613. The predicted octanol–water partition coefficient (Wildman–Crippen LogP) is 1.13. The Bertz CT molecular complexity index is 284. The van der Waals surface area contributed by atoms with Gasteiger partial charge in [0.2, 0.25) is 0 Å². The van der Waals surface area contributed by atoms with E-state index in [1.807, 2.05) is 0 Å². The monoisotopic (exact) mass is 182 g/mol. The summed E-state index contributed by atoms with van der Waals surface area (Å²) in [5.74, 6) is -0.0289. The Hall–Kier alpha value is -0.570. The molecule has 3 fully saturated rings. The first-order valence-electron chi connectivity index (χ1n) is 4.91. The van der Waals surface area contributed by atoms with E-state index in [1.165, 1.54) is 0 Å². The molecule has 0 spiro atoms. The molecule has 3 aliphatic rings. The Morgan fingerprint density at radius 2 is 2.15 bits per heavy atom. The maximum absolute atomic E-state index is 11.1. The number of hydrogen-bond donors (Lipinski definition) is 1. The van der Waals surface area contributed by atoms with Gasteiger partial charge in [-0.3, -0.25) is 4.79 Å². The number of fused-ring (bicyclic) bond motifs is 5. The fraction of sp³-hybridized carbons (Fsp3) is 0.900. The quantitative estimate of drug-likeness (QED) is 0.618. The van der Waals surface area contributed by atoms with Crippen molar-refractivity contribution >= 4 is 5.97 Å². The lowest BCUT2D eigenvalue weighted by molar-refractivity contribution is -0.147. The zero-order valence-electron chi connectivity index (χ0n) is 7.86. The van der Waals surface area contributed by atoms with Crippen LogP contribution in [-0.4, -0.2) is 23.3 Å². The number of carboxylic acids is 1. The molecule has 72 valence electrons. The van der Waals surface area contributed by atoms with Crippen LogP contribution in [0.1, 0.15) is 20.3 Å². The molecule has 2 bridgehead atoms. The molecule has 2 aliphatic carbocycles. The van der Waals surface area contributed by atoms with E-state index < -0.39 is 5.97 Å². The topological polar surface area (TPSA) is 49.8 Å². The number of epoxide rings is 1. The van der Waals surface area contributed by atoms with Gasteiger partial charge >= 0.3 is 5.97 Å². The van der Waals surface area contributed by atoms with Crippen LogP contribution in [0.2, 0.25) is 0 Å². The summed E-state index contributed by atoms with van der Waals surface area (Å²) in [6.07, 6.45) is 1.76. The highest BCUT2D eigenvalue weighted by atomic mass is 16.6. The van der Waals surface area contributed by atoms with Gasteiger partial charge < -0.3 is 9.84 Å². The van der Waals surface area contributed by atoms with Gasteiger partial charge in [-0.15, -0.1) is 0 Å². The van der Waals surface area contributed by atoms with Crippen molar-refractivity contribution in [3.8, 4) is 0 Å². The van der Waals surface area contributed by atoms with Crippen LogP contribution in [0.5, 0.6) is 0 Å². The van der Waals surface area contributed by atoms with Crippen LogP contribution in [0.4, 0.5) is 0 Å². The van der Waals surface area contributed by atoms with E-state index >= 15 is 0 Å². The minimum Gasteiger partial charge on any atom is -0.481 e. The molecule has 2 saturated carbocycles. The summed E-state index contributed by atoms with van der Waals surface area (Å²) in [5, 5.41) is 9.15. The molecule has 0 aromatic carbocycles. The summed E-state index contributed by atoms with van der Waals surface area (Å²) in [7, 11) is 0. The molecule has 0 aromatic rings. The summed E-state index contributed by atoms with van der Waals surface area (Å²) in [4.78, 5) is 11.1. The van der Waals surface area contributed by atoms with Gasteiger partial charge in [0.25, 0.3) is 0 Å². The Labute approximate surface area is 77.1 Å². The van der Waals surface area contributed by atoms with Crippen LogP contribution >= 0.6 is 0 Å². The maximum Gasteiger partial charge on any atom is 0.307 e. The molecular formula is C10H14O3. The highest BCUT2D eigenvalue weighted by molar-refractivity contribution is 5.73.